The van der Waals surface area contributed by atoms with Crippen molar-refractivity contribution in [3.05, 3.63) is 18.2 Å². The monoisotopic (exact) mass is 296 g/mol. The molecule has 0 saturated heterocycles. The highest BCUT2D eigenvalue weighted by Gasteiger charge is 2.25. The Morgan fingerprint density at radius 3 is 2.84 bits per heavy atom. The highest BCUT2D eigenvalue weighted by Crippen LogP contribution is 2.32. The number of sulfonamides is 1. The molecular weight excluding hydrogens is 284 g/mol. The van der Waals surface area contributed by atoms with Gasteiger partial charge in [0.1, 0.15) is 4.90 Å². The van der Waals surface area contributed by atoms with Gasteiger partial charge in [-0.15, -0.1) is 4.40 Å². The van der Waals surface area contributed by atoms with Crippen molar-refractivity contribution in [3.8, 4) is 6.07 Å². The molecule has 0 aromatic heterocycles. The van der Waals surface area contributed by atoms with Gasteiger partial charge in [-0.3, -0.25) is 0 Å². The van der Waals surface area contributed by atoms with Crippen molar-refractivity contribution in [2.75, 3.05) is 30.1 Å². The number of nitrogens with zero attached hydrogens (tertiary/aromatic N) is 3. The minimum Gasteiger partial charge on any atom is -0.378 e. The molecule has 0 saturated carbocycles. The first kappa shape index (κ1) is 13.7. The maximum absolute atomic E-state index is 12.1. The molecule has 6 nitrogen and oxygen atoms in total. The van der Waals surface area contributed by atoms with Crippen molar-refractivity contribution in [2.24, 2.45) is 4.40 Å². The lowest BCUT2D eigenvalue weighted by molar-refractivity contribution is 0.598. The van der Waals surface area contributed by atoms with Crippen LogP contribution < -0.4 is 10.2 Å². The van der Waals surface area contributed by atoms with E-state index in [2.05, 4.69) is 9.71 Å². The average molecular weight is 296 g/mol. The molecule has 100 valence electrons. The Morgan fingerprint density at radius 1 is 1.47 bits per heavy atom. The first-order chi connectivity index (χ1) is 8.94. The Kier molecular flexibility index (Phi) is 3.68. The van der Waals surface area contributed by atoms with Crippen molar-refractivity contribution in [1.29, 1.82) is 5.26 Å². The second-order valence-electron chi connectivity index (χ2n) is 4.02. The van der Waals surface area contributed by atoms with E-state index in [0.717, 1.165) is 17.4 Å². The van der Waals surface area contributed by atoms with Crippen molar-refractivity contribution >= 4 is 38.3 Å². The zero-order valence-corrected chi connectivity index (χ0v) is 12.0. The molecule has 0 unspecified atom stereocenters. The number of rotatable bonds is 2. The smallest absolute Gasteiger partial charge is 0.286 e. The van der Waals surface area contributed by atoms with E-state index in [0.29, 0.717) is 5.69 Å². The maximum atomic E-state index is 12.1. The summed E-state index contributed by atoms with van der Waals surface area (Å²) in [5, 5.41) is 11.7. The van der Waals surface area contributed by atoms with Gasteiger partial charge in [0.2, 0.25) is 0 Å². The molecule has 0 amide bonds. The summed E-state index contributed by atoms with van der Waals surface area (Å²) in [6.07, 6.45) is 0. The Balaban J connectivity index is 2.43. The van der Waals surface area contributed by atoms with Gasteiger partial charge in [-0.1, -0.05) is 11.8 Å². The number of anilines is 2. The van der Waals surface area contributed by atoms with Gasteiger partial charge in [0.25, 0.3) is 10.0 Å². The minimum absolute atomic E-state index is 0.145. The van der Waals surface area contributed by atoms with Gasteiger partial charge >= 0.3 is 0 Å². The van der Waals surface area contributed by atoms with E-state index < -0.39 is 10.0 Å². The molecular formula is C11H12N4O2S2. The van der Waals surface area contributed by atoms with E-state index in [1.54, 1.807) is 12.1 Å². The average Bonchev–Trinajstić information content (AvgIpc) is 2.35. The van der Waals surface area contributed by atoms with Crippen LogP contribution in [0.2, 0.25) is 0 Å². The second kappa shape index (κ2) is 5.11. The van der Waals surface area contributed by atoms with Crippen LogP contribution in [0.1, 0.15) is 0 Å². The third-order valence-corrected chi connectivity index (χ3v) is 4.65. The van der Waals surface area contributed by atoms with Crippen LogP contribution in [0.25, 0.3) is 0 Å². The molecule has 1 heterocycles. The molecule has 0 fully saturated rings. The summed E-state index contributed by atoms with van der Waals surface area (Å²) in [6.45, 7) is 0. The molecule has 0 aliphatic carbocycles. The highest BCUT2D eigenvalue weighted by molar-refractivity contribution is 8.15. The number of nitriles is 1. The zero-order chi connectivity index (χ0) is 14.0. The topological polar surface area (TPSA) is 85.6 Å². The van der Waals surface area contributed by atoms with Gasteiger partial charge in [-0.2, -0.15) is 13.7 Å². The van der Waals surface area contributed by atoms with Gasteiger partial charge in [0.15, 0.2) is 5.17 Å². The van der Waals surface area contributed by atoms with E-state index in [4.69, 9.17) is 5.26 Å². The van der Waals surface area contributed by atoms with Crippen molar-refractivity contribution in [3.63, 3.8) is 0 Å². The Morgan fingerprint density at radius 2 is 2.21 bits per heavy atom. The molecule has 1 aliphatic heterocycles. The van der Waals surface area contributed by atoms with Crippen LogP contribution in [0.3, 0.4) is 0 Å². The van der Waals surface area contributed by atoms with E-state index in [-0.39, 0.29) is 15.8 Å². The van der Waals surface area contributed by atoms with Crippen molar-refractivity contribution in [2.45, 2.75) is 4.90 Å². The number of nitrogens with one attached hydrogen (secondary N) is 1. The van der Waals surface area contributed by atoms with E-state index >= 15 is 0 Å². The number of amidine groups is 1. The third-order valence-electron chi connectivity index (χ3n) is 2.48. The van der Waals surface area contributed by atoms with Crippen LogP contribution in [0.4, 0.5) is 11.4 Å². The van der Waals surface area contributed by atoms with Crippen molar-refractivity contribution in [1.82, 2.24) is 0 Å². The molecule has 1 aliphatic rings. The Bertz CT molecular complexity index is 674. The van der Waals surface area contributed by atoms with Gasteiger partial charge in [0, 0.05) is 19.8 Å². The number of benzene rings is 1. The predicted molar refractivity (Wildman–Crippen MR) is 77.1 cm³/mol. The molecule has 0 radical (unpaired) electrons. The molecule has 1 aromatic carbocycles. The van der Waals surface area contributed by atoms with Crippen LogP contribution in [-0.2, 0) is 10.0 Å². The van der Waals surface area contributed by atoms with Crippen LogP contribution in [-0.4, -0.2) is 33.4 Å². The van der Waals surface area contributed by atoms with Crippen molar-refractivity contribution < 1.29 is 8.42 Å². The minimum atomic E-state index is -3.71. The Hall–Kier alpha value is -1.72. The summed E-state index contributed by atoms with van der Waals surface area (Å²) in [5.74, 6) is 0.145. The summed E-state index contributed by atoms with van der Waals surface area (Å²) in [7, 11) is -0.0383. The van der Waals surface area contributed by atoms with Crippen LogP contribution >= 0.6 is 11.8 Å². The lowest BCUT2D eigenvalue weighted by Gasteiger charge is -2.20. The zero-order valence-electron chi connectivity index (χ0n) is 10.4. The molecule has 0 bridgehead atoms. The number of thioether (sulfide) groups is 1. The normalized spacial score (nSPS) is 15.7. The fourth-order valence-electron chi connectivity index (χ4n) is 1.57. The van der Waals surface area contributed by atoms with Gasteiger partial charge < -0.3 is 10.2 Å². The van der Waals surface area contributed by atoms with Crippen LogP contribution in [0.5, 0.6) is 0 Å². The summed E-state index contributed by atoms with van der Waals surface area (Å²) in [5.41, 5.74) is 1.27. The fourth-order valence-corrected chi connectivity index (χ4v) is 3.48. The standard InChI is InChI=1S/C11H12N4O2S2/c1-15(2)8-3-4-9-10(7-8)19(16,17)14-11(13-9)18-6-5-12/h3-4,7H,6H2,1-2H3,(H,13,14). The highest BCUT2D eigenvalue weighted by atomic mass is 32.2. The summed E-state index contributed by atoms with van der Waals surface area (Å²) in [6, 6.07) is 7.02. The molecule has 1 aromatic rings. The number of hydrogen-bond acceptors (Lipinski definition) is 6. The lowest BCUT2D eigenvalue weighted by atomic mass is 10.2. The molecule has 1 N–H and O–H groups in total. The van der Waals surface area contributed by atoms with Gasteiger partial charge in [-0.25, -0.2) is 0 Å². The Labute approximate surface area is 116 Å². The van der Waals surface area contributed by atoms with E-state index in [9.17, 15) is 8.42 Å². The molecule has 19 heavy (non-hydrogen) atoms. The van der Waals surface area contributed by atoms with Gasteiger partial charge in [-0.05, 0) is 18.2 Å². The van der Waals surface area contributed by atoms with Gasteiger partial charge in [0.05, 0.1) is 17.5 Å². The number of fused-ring (bicyclic) bond motifs is 1. The largest absolute Gasteiger partial charge is 0.378 e. The summed E-state index contributed by atoms with van der Waals surface area (Å²) < 4.78 is 27.8. The first-order valence-corrected chi connectivity index (χ1v) is 7.80. The van der Waals surface area contributed by atoms with E-state index in [1.807, 2.05) is 31.1 Å². The second-order valence-corrected chi connectivity index (χ2v) is 6.55. The molecule has 0 spiro atoms. The molecule has 2 rings (SSSR count). The first-order valence-electron chi connectivity index (χ1n) is 5.37. The maximum Gasteiger partial charge on any atom is 0.286 e. The molecule has 8 heteroatoms. The van der Waals surface area contributed by atoms with Crippen LogP contribution in [0.15, 0.2) is 27.5 Å². The summed E-state index contributed by atoms with van der Waals surface area (Å²) in [4.78, 5) is 1.97. The lowest BCUT2D eigenvalue weighted by Crippen LogP contribution is -2.20. The summed E-state index contributed by atoms with van der Waals surface area (Å²) >= 11 is 1.06. The third kappa shape index (κ3) is 2.83. The van der Waals surface area contributed by atoms with Crippen LogP contribution in [0, 0.1) is 11.3 Å². The predicted octanol–water partition coefficient (Wildman–Crippen LogP) is 1.48. The SMILES string of the molecule is CN(C)c1ccc2c(c1)S(=O)(=O)N=C(SCC#N)N2. The molecule has 0 atom stereocenters. The quantitative estimate of drug-likeness (QED) is 0.889. The fraction of sp³-hybridized carbons (Fsp3) is 0.273. The van der Waals surface area contributed by atoms with E-state index in [1.165, 1.54) is 0 Å². The number of hydrogen-bond donors (Lipinski definition) is 1.